The SMILES string of the molecule is CCP(O)CC.Cc1c(C)c(C)[c-](C)c1C.[I][Ir+][I]. The van der Waals surface area contributed by atoms with Crippen molar-refractivity contribution in [2.75, 3.05) is 12.3 Å². The molecule has 0 aliphatic carbocycles. The van der Waals surface area contributed by atoms with Gasteiger partial charge >= 0.3 is 49.7 Å². The van der Waals surface area contributed by atoms with E-state index in [0.29, 0.717) is 10.5 Å². The average Bonchev–Trinajstić information content (AvgIpc) is 2.57. The van der Waals surface area contributed by atoms with E-state index in [1.165, 1.54) is 27.8 Å². The summed E-state index contributed by atoms with van der Waals surface area (Å²) >= 11 is 4.80. The Labute approximate surface area is 150 Å². The molecule has 1 nitrogen and oxygen atoms in total. The molecule has 19 heavy (non-hydrogen) atoms. The van der Waals surface area contributed by atoms with Gasteiger partial charge in [-0.2, -0.15) is 27.8 Å². The maximum absolute atomic E-state index is 8.73. The fraction of sp³-hybridized carbons (Fsp3) is 0.643. The predicted molar refractivity (Wildman–Crippen MR) is 104 cm³/mol. The van der Waals surface area contributed by atoms with Crippen LogP contribution in [0.2, 0.25) is 0 Å². The van der Waals surface area contributed by atoms with Crippen LogP contribution >= 0.6 is 47.3 Å². The normalized spacial score (nSPS) is 9.84. The third kappa shape index (κ3) is 9.46. The molecule has 0 fully saturated rings. The van der Waals surface area contributed by atoms with Crippen LogP contribution in [0.1, 0.15) is 41.7 Å². The van der Waals surface area contributed by atoms with E-state index in [9.17, 15) is 0 Å². The summed E-state index contributed by atoms with van der Waals surface area (Å²) in [6.07, 6.45) is 1.90. The maximum atomic E-state index is 8.73. The molecule has 0 saturated carbocycles. The zero-order valence-corrected chi connectivity index (χ0v) is 20.5. The van der Waals surface area contributed by atoms with E-state index >= 15 is 0 Å². The van der Waals surface area contributed by atoms with Crippen molar-refractivity contribution >= 4 is 47.3 Å². The molecule has 1 aromatic carbocycles. The number of hydrogen-bond donors (Lipinski definition) is 1. The van der Waals surface area contributed by atoms with Gasteiger partial charge in [0, 0.05) is 8.15 Å². The van der Waals surface area contributed by atoms with Crippen LogP contribution in [0.25, 0.3) is 0 Å². The molecule has 0 aliphatic rings. The molecule has 0 aliphatic heterocycles. The van der Waals surface area contributed by atoms with Crippen LogP contribution in [0.3, 0.4) is 0 Å². The van der Waals surface area contributed by atoms with Gasteiger partial charge in [-0.15, -0.1) is 0 Å². The third-order valence-electron chi connectivity index (χ3n) is 3.54. The molecule has 1 aromatic rings. The fourth-order valence-corrected chi connectivity index (χ4v) is 2.08. The van der Waals surface area contributed by atoms with E-state index < -0.39 is 8.15 Å². The van der Waals surface area contributed by atoms with Gasteiger partial charge in [-0.3, -0.25) is 0 Å². The first-order chi connectivity index (χ1) is 8.78. The Morgan fingerprint density at radius 1 is 1.00 bits per heavy atom. The van der Waals surface area contributed by atoms with Crippen molar-refractivity contribution in [1.82, 2.24) is 0 Å². The number of hydrogen-bond acceptors (Lipinski definition) is 1. The van der Waals surface area contributed by atoms with Crippen molar-refractivity contribution in [3.05, 3.63) is 27.8 Å². The minimum atomic E-state index is -0.576. The van der Waals surface area contributed by atoms with Crippen molar-refractivity contribution in [1.29, 1.82) is 0 Å². The van der Waals surface area contributed by atoms with Gasteiger partial charge in [0.1, 0.15) is 0 Å². The fourth-order valence-electron chi connectivity index (χ4n) is 1.63. The molecule has 0 bridgehead atoms. The Morgan fingerprint density at radius 2 is 1.26 bits per heavy atom. The summed E-state index contributed by atoms with van der Waals surface area (Å²) in [6.45, 7) is 15.0. The first-order valence-electron chi connectivity index (χ1n) is 6.25. The summed E-state index contributed by atoms with van der Waals surface area (Å²) in [6, 6.07) is 0. The summed E-state index contributed by atoms with van der Waals surface area (Å²) < 4.78 is 0. The third-order valence-corrected chi connectivity index (χ3v) is 5.00. The van der Waals surface area contributed by atoms with Gasteiger partial charge in [0.05, 0.1) is 0 Å². The Morgan fingerprint density at radius 3 is 1.32 bits per heavy atom. The van der Waals surface area contributed by atoms with Gasteiger partial charge in [0.2, 0.25) is 0 Å². The van der Waals surface area contributed by atoms with Gasteiger partial charge in [0.15, 0.2) is 0 Å². The summed E-state index contributed by atoms with van der Waals surface area (Å²) in [4.78, 5) is 8.73. The van der Waals surface area contributed by atoms with Crippen LogP contribution in [0.5, 0.6) is 0 Å². The first kappa shape index (κ1) is 23.1. The Balaban J connectivity index is 0. The molecule has 0 amide bonds. The van der Waals surface area contributed by atoms with Crippen LogP contribution < -0.4 is 0 Å². The van der Waals surface area contributed by atoms with E-state index in [-0.39, 0.29) is 0 Å². The molecule has 0 radical (unpaired) electrons. The van der Waals surface area contributed by atoms with Crippen molar-refractivity contribution in [2.45, 2.75) is 48.5 Å². The van der Waals surface area contributed by atoms with Crippen LogP contribution in [0.4, 0.5) is 0 Å². The molecule has 5 heteroatoms. The molecule has 0 saturated heterocycles. The number of rotatable bonds is 2. The second-order valence-corrected chi connectivity index (χ2v) is 24.1. The second kappa shape index (κ2) is 13.5. The quantitative estimate of drug-likeness (QED) is 0.226. The molecule has 0 aromatic heterocycles. The molecular formula is C14H26I2IrOP. The summed E-state index contributed by atoms with van der Waals surface area (Å²) in [7, 11) is -0.136. The second-order valence-electron chi connectivity index (χ2n) is 4.31. The van der Waals surface area contributed by atoms with Crippen molar-refractivity contribution in [3.63, 3.8) is 0 Å². The standard InChI is InChI=1S/C10H15.C4H11OP.2HI.Ir/c1-6-7(2)9(4)10(5)8(6)3;1-3-6(5)4-2;;;/h1-5H3;5H,3-4H2,1-2H3;2*1H;/q-1;;;;+3/p-2. The van der Waals surface area contributed by atoms with Crippen molar-refractivity contribution in [2.24, 2.45) is 0 Å². The Hall–Kier alpha value is 1.85. The van der Waals surface area contributed by atoms with E-state index in [1.54, 1.807) is 0 Å². The molecule has 1 N–H and O–H groups in total. The summed E-state index contributed by atoms with van der Waals surface area (Å²) in [5.74, 6) is 0. The Kier molecular flexibility index (Phi) is 16.4. The van der Waals surface area contributed by atoms with Gasteiger partial charge < -0.3 is 4.89 Å². The number of halogens is 2. The summed E-state index contributed by atoms with van der Waals surface area (Å²) in [5.41, 5.74) is 7.34. The molecule has 0 atom stereocenters. The van der Waals surface area contributed by atoms with Gasteiger partial charge in [0.25, 0.3) is 0 Å². The molecular weight excluding hydrogens is 661 g/mol. The molecule has 0 heterocycles. The van der Waals surface area contributed by atoms with Gasteiger partial charge in [-0.25, -0.2) is 0 Å². The zero-order chi connectivity index (χ0) is 15.6. The molecule has 116 valence electrons. The first-order valence-corrected chi connectivity index (χ1v) is 21.5. The van der Waals surface area contributed by atoms with Gasteiger partial charge in [-0.05, 0) is 12.3 Å². The molecule has 1 rings (SSSR count). The van der Waals surface area contributed by atoms with Gasteiger partial charge in [-0.1, -0.05) is 48.5 Å². The van der Waals surface area contributed by atoms with Crippen LogP contribution in [-0.4, -0.2) is 17.2 Å². The van der Waals surface area contributed by atoms with E-state index in [4.69, 9.17) is 4.89 Å². The van der Waals surface area contributed by atoms with Crippen LogP contribution in [0.15, 0.2) is 0 Å². The van der Waals surface area contributed by atoms with E-state index in [1.807, 2.05) is 13.8 Å². The molecule has 0 unspecified atom stereocenters. The molecule has 0 spiro atoms. The monoisotopic (exact) mass is 688 g/mol. The average molecular weight is 687 g/mol. The van der Waals surface area contributed by atoms with Crippen molar-refractivity contribution in [3.8, 4) is 0 Å². The van der Waals surface area contributed by atoms with Crippen molar-refractivity contribution < 1.29 is 15.4 Å². The zero-order valence-electron chi connectivity index (χ0n) is 12.9. The Bertz CT molecular complexity index is 269. The van der Waals surface area contributed by atoms with E-state index in [2.05, 4.69) is 73.8 Å². The minimum absolute atomic E-state index is 0.440. The summed E-state index contributed by atoms with van der Waals surface area (Å²) in [5, 5.41) is 0. The van der Waals surface area contributed by atoms with Crippen LogP contribution in [-0.2, 0) is 10.5 Å². The topological polar surface area (TPSA) is 20.2 Å². The van der Waals surface area contributed by atoms with Crippen LogP contribution in [0, 0.1) is 34.6 Å². The predicted octanol–water partition coefficient (Wildman–Crippen LogP) is 6.13. The van der Waals surface area contributed by atoms with E-state index in [0.717, 1.165) is 12.3 Å².